The number of para-hydroxylation sites is 2. The molecule has 1 unspecified atom stereocenters. The van der Waals surface area contributed by atoms with Crippen LogP contribution in [-0.2, 0) is 9.59 Å². The number of nitriles is 1. The van der Waals surface area contributed by atoms with E-state index in [4.69, 9.17) is 19.5 Å². The highest BCUT2D eigenvalue weighted by Crippen LogP contribution is 2.60. The standard InChI is InChI=1S/C33H27NO6/c1-38-26-12-5-3-10-24(26)28-30(32(35)36)29(25-11-4-6-13-27(25)39-2)31(28)33(37)40-23-9-7-8-22(18-23)21-16-14-20(19-34)15-17-21/h3-18,28-31H,1-2H3,(H,35,36)/t28-,29?,30+,31+/m1/s1. The molecule has 4 aromatic carbocycles. The van der Waals surface area contributed by atoms with Gasteiger partial charge in [-0.25, -0.2) is 0 Å². The minimum Gasteiger partial charge on any atom is -0.496 e. The molecule has 0 aliphatic heterocycles. The summed E-state index contributed by atoms with van der Waals surface area (Å²) in [4.78, 5) is 26.6. The molecule has 4 atom stereocenters. The smallest absolute Gasteiger partial charge is 0.315 e. The average molecular weight is 534 g/mol. The number of esters is 1. The second kappa shape index (κ2) is 11.3. The number of carboxylic acids is 1. The first-order valence-electron chi connectivity index (χ1n) is 12.8. The summed E-state index contributed by atoms with van der Waals surface area (Å²) in [5, 5.41) is 19.4. The van der Waals surface area contributed by atoms with E-state index in [2.05, 4.69) is 6.07 Å². The van der Waals surface area contributed by atoms with Crippen LogP contribution < -0.4 is 14.2 Å². The lowest BCUT2D eigenvalue weighted by molar-refractivity contribution is -0.158. The van der Waals surface area contributed by atoms with Gasteiger partial charge in [-0.3, -0.25) is 9.59 Å². The van der Waals surface area contributed by atoms with Crippen molar-refractivity contribution in [2.45, 2.75) is 11.8 Å². The topological polar surface area (TPSA) is 106 Å². The van der Waals surface area contributed by atoms with Gasteiger partial charge in [0.15, 0.2) is 0 Å². The second-order valence-corrected chi connectivity index (χ2v) is 9.56. The van der Waals surface area contributed by atoms with Gasteiger partial charge in [0.2, 0.25) is 0 Å². The first kappa shape index (κ1) is 26.5. The summed E-state index contributed by atoms with van der Waals surface area (Å²) in [5.74, 6) is -3.28. The zero-order chi connectivity index (χ0) is 28.2. The van der Waals surface area contributed by atoms with Gasteiger partial charge in [0, 0.05) is 11.8 Å². The SMILES string of the molecule is COc1ccccc1C1[C@@H](C(=O)O)[C@@H](c2ccccc2OC)[C@@H]1C(=O)Oc1cccc(-c2ccc(C#N)cc2)c1. The molecule has 0 spiro atoms. The lowest BCUT2D eigenvalue weighted by Crippen LogP contribution is -2.52. The van der Waals surface area contributed by atoms with E-state index in [0.717, 1.165) is 11.1 Å². The Morgan fingerprint density at radius 2 is 1.30 bits per heavy atom. The number of carboxylic acid groups (broad SMARTS) is 1. The average Bonchev–Trinajstić information content (AvgIpc) is 2.97. The van der Waals surface area contributed by atoms with Crippen LogP contribution in [0.25, 0.3) is 11.1 Å². The maximum atomic E-state index is 13.9. The molecular weight excluding hydrogens is 506 g/mol. The molecule has 40 heavy (non-hydrogen) atoms. The number of methoxy groups -OCH3 is 2. The van der Waals surface area contributed by atoms with Gasteiger partial charge in [-0.15, -0.1) is 0 Å². The molecule has 1 aliphatic carbocycles. The molecular formula is C33H27NO6. The van der Waals surface area contributed by atoms with Crippen molar-refractivity contribution in [1.29, 1.82) is 5.26 Å². The number of carbonyl (C=O) groups excluding carboxylic acids is 1. The zero-order valence-corrected chi connectivity index (χ0v) is 22.0. The van der Waals surface area contributed by atoms with E-state index in [0.29, 0.717) is 33.9 Å². The molecule has 7 nitrogen and oxygen atoms in total. The van der Waals surface area contributed by atoms with Gasteiger partial charge < -0.3 is 19.3 Å². The highest BCUT2D eigenvalue weighted by atomic mass is 16.5. The van der Waals surface area contributed by atoms with E-state index in [-0.39, 0.29) is 0 Å². The van der Waals surface area contributed by atoms with Gasteiger partial charge in [0.1, 0.15) is 17.2 Å². The first-order valence-corrected chi connectivity index (χ1v) is 12.8. The van der Waals surface area contributed by atoms with Crippen LogP contribution in [0.1, 0.15) is 28.5 Å². The molecule has 0 aromatic heterocycles. The number of carbonyl (C=O) groups is 2. The molecule has 200 valence electrons. The third-order valence-corrected chi connectivity index (χ3v) is 7.50. The van der Waals surface area contributed by atoms with Crippen LogP contribution in [0.4, 0.5) is 0 Å². The van der Waals surface area contributed by atoms with Crippen LogP contribution in [-0.4, -0.2) is 31.3 Å². The molecule has 0 bridgehead atoms. The molecule has 0 radical (unpaired) electrons. The van der Waals surface area contributed by atoms with E-state index in [1.807, 2.05) is 18.2 Å². The van der Waals surface area contributed by atoms with Crippen LogP contribution >= 0.6 is 0 Å². The van der Waals surface area contributed by atoms with Crippen LogP contribution in [0, 0.1) is 23.2 Å². The van der Waals surface area contributed by atoms with Crippen LogP contribution in [0.2, 0.25) is 0 Å². The van der Waals surface area contributed by atoms with Gasteiger partial charge in [-0.1, -0.05) is 60.7 Å². The van der Waals surface area contributed by atoms with E-state index < -0.39 is 35.6 Å². The Morgan fingerprint density at radius 1 is 0.725 bits per heavy atom. The molecule has 1 saturated carbocycles. The van der Waals surface area contributed by atoms with Crippen molar-refractivity contribution in [2.24, 2.45) is 11.8 Å². The van der Waals surface area contributed by atoms with Crippen molar-refractivity contribution in [1.82, 2.24) is 0 Å². The fourth-order valence-electron chi connectivity index (χ4n) is 5.67. The number of hydrogen-bond acceptors (Lipinski definition) is 6. The molecule has 0 amide bonds. The number of benzene rings is 4. The Labute approximate surface area is 232 Å². The Hall–Kier alpha value is -5.09. The van der Waals surface area contributed by atoms with Crippen molar-refractivity contribution in [3.63, 3.8) is 0 Å². The Balaban J connectivity index is 1.54. The van der Waals surface area contributed by atoms with Crippen molar-refractivity contribution < 1.29 is 28.9 Å². The summed E-state index contributed by atoms with van der Waals surface area (Å²) in [5.41, 5.74) is 3.50. The lowest BCUT2D eigenvalue weighted by atomic mass is 9.52. The summed E-state index contributed by atoms with van der Waals surface area (Å²) in [7, 11) is 3.04. The lowest BCUT2D eigenvalue weighted by Gasteiger charge is -2.49. The molecule has 7 heteroatoms. The van der Waals surface area contributed by atoms with E-state index in [9.17, 15) is 14.7 Å². The zero-order valence-electron chi connectivity index (χ0n) is 22.0. The summed E-state index contributed by atoms with van der Waals surface area (Å²) in [6, 6.07) is 30.6. The Kier molecular flexibility index (Phi) is 7.52. The molecule has 1 aliphatic rings. The van der Waals surface area contributed by atoms with Crippen molar-refractivity contribution in [3.8, 4) is 34.4 Å². The molecule has 1 fully saturated rings. The fraction of sp³-hybridized carbons (Fsp3) is 0.182. The van der Waals surface area contributed by atoms with Gasteiger partial charge >= 0.3 is 11.9 Å². The van der Waals surface area contributed by atoms with E-state index in [1.165, 1.54) is 14.2 Å². The quantitative estimate of drug-likeness (QED) is 0.217. The highest BCUT2D eigenvalue weighted by molar-refractivity contribution is 5.86. The number of hydrogen-bond donors (Lipinski definition) is 1. The normalized spacial score (nSPS) is 19.5. The van der Waals surface area contributed by atoms with E-state index in [1.54, 1.807) is 78.9 Å². The molecule has 0 heterocycles. The predicted octanol–water partition coefficient (Wildman–Crippen LogP) is 6.05. The van der Waals surface area contributed by atoms with Crippen molar-refractivity contribution >= 4 is 11.9 Å². The monoisotopic (exact) mass is 533 g/mol. The van der Waals surface area contributed by atoms with Crippen LogP contribution in [0.3, 0.4) is 0 Å². The Bertz CT molecular complexity index is 1530. The summed E-state index contributed by atoms with van der Waals surface area (Å²) >= 11 is 0. The van der Waals surface area contributed by atoms with Gasteiger partial charge in [0.05, 0.1) is 37.7 Å². The number of nitrogens with zero attached hydrogens (tertiary/aromatic N) is 1. The molecule has 4 aromatic rings. The number of rotatable bonds is 8. The van der Waals surface area contributed by atoms with Crippen molar-refractivity contribution in [2.75, 3.05) is 14.2 Å². The summed E-state index contributed by atoms with van der Waals surface area (Å²) in [6.45, 7) is 0. The number of ether oxygens (including phenoxy) is 3. The third kappa shape index (κ3) is 4.87. The van der Waals surface area contributed by atoms with E-state index >= 15 is 0 Å². The first-order chi connectivity index (χ1) is 19.5. The van der Waals surface area contributed by atoms with Gasteiger partial charge in [0.25, 0.3) is 0 Å². The molecule has 0 saturated heterocycles. The highest BCUT2D eigenvalue weighted by Gasteiger charge is 2.60. The minimum atomic E-state index is -1.02. The third-order valence-electron chi connectivity index (χ3n) is 7.50. The largest absolute Gasteiger partial charge is 0.496 e. The van der Waals surface area contributed by atoms with Crippen LogP contribution in [0.15, 0.2) is 97.1 Å². The molecule has 1 N–H and O–H groups in total. The minimum absolute atomic E-state index is 0.336. The van der Waals surface area contributed by atoms with Gasteiger partial charge in [-0.2, -0.15) is 5.26 Å². The van der Waals surface area contributed by atoms with Crippen LogP contribution in [0.5, 0.6) is 17.2 Å². The maximum Gasteiger partial charge on any atom is 0.315 e. The fourth-order valence-corrected chi connectivity index (χ4v) is 5.67. The summed E-state index contributed by atoms with van der Waals surface area (Å²) in [6.07, 6.45) is 0. The predicted molar refractivity (Wildman–Crippen MR) is 148 cm³/mol. The number of aliphatic carboxylic acids is 1. The summed E-state index contributed by atoms with van der Waals surface area (Å²) < 4.78 is 17.0. The second-order valence-electron chi connectivity index (χ2n) is 9.56. The van der Waals surface area contributed by atoms with Crippen molar-refractivity contribution in [3.05, 3.63) is 114 Å². The molecule has 5 rings (SSSR count). The maximum absolute atomic E-state index is 13.9. The van der Waals surface area contributed by atoms with Gasteiger partial charge in [-0.05, 0) is 58.7 Å². The Morgan fingerprint density at radius 3 is 1.82 bits per heavy atom.